The number of β-amino-alcohol motifs (C(OH)–C–C–N with tert-alkyl or cyclic N) is 1. The highest BCUT2D eigenvalue weighted by Gasteiger charge is 2.21. The van der Waals surface area contributed by atoms with Crippen molar-refractivity contribution in [3.05, 3.63) is 65.7 Å². The quantitative estimate of drug-likeness (QED) is 0.392. The number of piperazine rings is 1. The molecule has 7 nitrogen and oxygen atoms in total. The highest BCUT2D eigenvalue weighted by Crippen LogP contribution is 2.26. The summed E-state index contributed by atoms with van der Waals surface area (Å²) >= 11 is 1.66. The number of anilines is 1. The predicted octanol–water partition coefficient (Wildman–Crippen LogP) is 3.75. The fraction of sp³-hybridized carbons (Fsp3) is 0.333. The van der Waals surface area contributed by atoms with E-state index in [9.17, 15) is 9.90 Å². The number of benzene rings is 3. The number of rotatable bonds is 8. The van der Waals surface area contributed by atoms with Crippen molar-refractivity contribution in [1.29, 1.82) is 0 Å². The topological polar surface area (TPSA) is 77.9 Å². The Morgan fingerprint density at radius 3 is 2.71 bits per heavy atom. The number of carbonyl (C=O) groups excluding carboxylic acids is 1. The van der Waals surface area contributed by atoms with E-state index in [1.54, 1.807) is 11.3 Å². The molecule has 8 heteroatoms. The van der Waals surface area contributed by atoms with E-state index < -0.39 is 6.10 Å². The third kappa shape index (κ3) is 5.97. The maximum absolute atomic E-state index is 12.7. The first kappa shape index (κ1) is 23.7. The standard InChI is InChI=1S/C27H30N4O3S/c1-19-28-25-15-22(9-10-26(25)35-19)34-18-21(32)16-30-11-13-31(14-12-30)17-27(33)29-24-8-4-6-20-5-2-3-7-23(20)24/h2-10,15,21,32H,11-14,16-18H2,1H3,(H,29,33)/t21-/m1/s1. The van der Waals surface area contributed by atoms with Gasteiger partial charge >= 0.3 is 0 Å². The normalized spacial score (nSPS) is 15.9. The molecule has 1 saturated heterocycles. The molecule has 1 atom stereocenters. The maximum atomic E-state index is 12.7. The number of thiazole rings is 1. The van der Waals surface area contributed by atoms with Crippen LogP contribution in [0.4, 0.5) is 5.69 Å². The molecule has 0 aliphatic carbocycles. The van der Waals surface area contributed by atoms with Crippen LogP contribution in [0.25, 0.3) is 21.0 Å². The van der Waals surface area contributed by atoms with Crippen LogP contribution in [0.1, 0.15) is 5.01 Å². The molecule has 182 valence electrons. The zero-order valence-corrected chi connectivity index (χ0v) is 20.6. The Morgan fingerprint density at radius 1 is 1.09 bits per heavy atom. The van der Waals surface area contributed by atoms with E-state index >= 15 is 0 Å². The first-order valence-corrected chi connectivity index (χ1v) is 12.8. The number of aliphatic hydroxyl groups is 1. The first-order valence-electron chi connectivity index (χ1n) is 11.9. The molecule has 1 aliphatic heterocycles. The number of aryl methyl sites for hydroxylation is 1. The average molecular weight is 491 g/mol. The Labute approximate surface area is 208 Å². The van der Waals surface area contributed by atoms with Gasteiger partial charge in [0.1, 0.15) is 18.5 Å². The van der Waals surface area contributed by atoms with Crippen molar-refractivity contribution in [3.8, 4) is 5.75 Å². The summed E-state index contributed by atoms with van der Waals surface area (Å²) in [5.41, 5.74) is 1.78. The van der Waals surface area contributed by atoms with Gasteiger partial charge in [-0.15, -0.1) is 11.3 Å². The second-order valence-electron chi connectivity index (χ2n) is 8.98. The lowest BCUT2D eigenvalue weighted by Gasteiger charge is -2.35. The summed E-state index contributed by atoms with van der Waals surface area (Å²) in [4.78, 5) is 21.5. The first-order chi connectivity index (χ1) is 17.0. The molecule has 0 unspecified atom stereocenters. The van der Waals surface area contributed by atoms with Crippen molar-refractivity contribution in [2.75, 3.05) is 51.2 Å². The summed E-state index contributed by atoms with van der Waals surface area (Å²) in [5, 5.41) is 16.7. The number of hydrogen-bond acceptors (Lipinski definition) is 7. The third-order valence-corrected chi connectivity index (χ3v) is 7.22. The SMILES string of the molecule is Cc1nc2cc(OC[C@H](O)CN3CCN(CC(=O)Nc4cccc5ccccc45)CC3)ccc2s1. The minimum Gasteiger partial charge on any atom is -0.491 e. The molecule has 1 amide bonds. The van der Waals surface area contributed by atoms with Gasteiger partial charge in [0, 0.05) is 49.9 Å². The van der Waals surface area contributed by atoms with Crippen molar-refractivity contribution in [2.24, 2.45) is 0 Å². The molecule has 5 rings (SSSR count). The molecule has 0 spiro atoms. The smallest absolute Gasteiger partial charge is 0.238 e. The Balaban J connectivity index is 1.05. The fourth-order valence-electron chi connectivity index (χ4n) is 4.51. The van der Waals surface area contributed by atoms with Crippen LogP contribution >= 0.6 is 11.3 Å². The van der Waals surface area contributed by atoms with E-state index in [0.29, 0.717) is 13.1 Å². The Bertz CT molecular complexity index is 1310. The van der Waals surface area contributed by atoms with Crippen molar-refractivity contribution in [2.45, 2.75) is 13.0 Å². The number of aromatic nitrogens is 1. The number of hydrogen-bond donors (Lipinski definition) is 2. The summed E-state index contributed by atoms with van der Waals surface area (Å²) in [5.74, 6) is 0.722. The summed E-state index contributed by atoms with van der Waals surface area (Å²) in [7, 11) is 0. The Morgan fingerprint density at radius 2 is 1.86 bits per heavy atom. The van der Waals surface area contributed by atoms with Gasteiger partial charge in [-0.2, -0.15) is 0 Å². The van der Waals surface area contributed by atoms with Crippen LogP contribution in [-0.4, -0.2) is 77.8 Å². The van der Waals surface area contributed by atoms with Crippen LogP contribution in [0, 0.1) is 6.92 Å². The third-order valence-electron chi connectivity index (χ3n) is 6.27. The van der Waals surface area contributed by atoms with Gasteiger partial charge in [-0.3, -0.25) is 14.6 Å². The molecule has 1 fully saturated rings. The number of ether oxygens (including phenoxy) is 1. The monoisotopic (exact) mass is 490 g/mol. The number of nitrogens with zero attached hydrogens (tertiary/aromatic N) is 3. The largest absolute Gasteiger partial charge is 0.491 e. The van der Waals surface area contributed by atoms with E-state index in [0.717, 1.165) is 63.6 Å². The van der Waals surface area contributed by atoms with Gasteiger partial charge in [0.25, 0.3) is 0 Å². The Hall–Kier alpha value is -3.04. The Kier molecular flexibility index (Phi) is 7.24. The van der Waals surface area contributed by atoms with E-state index in [2.05, 4.69) is 20.1 Å². The van der Waals surface area contributed by atoms with Gasteiger partial charge in [-0.1, -0.05) is 36.4 Å². The summed E-state index contributed by atoms with van der Waals surface area (Å²) < 4.78 is 6.95. The van der Waals surface area contributed by atoms with Gasteiger partial charge in [0.05, 0.1) is 21.8 Å². The second-order valence-corrected chi connectivity index (χ2v) is 10.2. The number of aliphatic hydroxyl groups excluding tert-OH is 1. The van der Waals surface area contributed by atoms with Crippen LogP contribution < -0.4 is 10.1 Å². The minimum absolute atomic E-state index is 0.00415. The van der Waals surface area contributed by atoms with Crippen LogP contribution in [0.2, 0.25) is 0 Å². The van der Waals surface area contributed by atoms with E-state index in [4.69, 9.17) is 4.74 Å². The van der Waals surface area contributed by atoms with Crippen LogP contribution in [0.3, 0.4) is 0 Å². The average Bonchev–Trinajstić information content (AvgIpc) is 3.23. The minimum atomic E-state index is -0.580. The zero-order chi connectivity index (χ0) is 24.2. The summed E-state index contributed by atoms with van der Waals surface area (Å²) in [6.07, 6.45) is -0.580. The van der Waals surface area contributed by atoms with Gasteiger partial charge in [-0.25, -0.2) is 4.98 Å². The molecule has 4 aromatic rings. The lowest BCUT2D eigenvalue weighted by Crippen LogP contribution is -2.50. The maximum Gasteiger partial charge on any atom is 0.238 e. The zero-order valence-electron chi connectivity index (χ0n) is 19.8. The summed E-state index contributed by atoms with van der Waals surface area (Å²) in [6, 6.07) is 19.9. The van der Waals surface area contributed by atoms with Gasteiger partial charge in [0.15, 0.2) is 0 Å². The van der Waals surface area contributed by atoms with Crippen molar-refractivity contribution >= 4 is 43.9 Å². The molecule has 0 saturated carbocycles. The van der Waals surface area contributed by atoms with E-state index in [1.807, 2.05) is 67.6 Å². The van der Waals surface area contributed by atoms with Gasteiger partial charge in [0.2, 0.25) is 5.91 Å². The number of carbonyl (C=O) groups is 1. The highest BCUT2D eigenvalue weighted by molar-refractivity contribution is 7.18. The molecular formula is C27H30N4O3S. The van der Waals surface area contributed by atoms with Crippen molar-refractivity contribution in [3.63, 3.8) is 0 Å². The summed E-state index contributed by atoms with van der Waals surface area (Å²) in [6.45, 7) is 6.34. The molecule has 35 heavy (non-hydrogen) atoms. The van der Waals surface area contributed by atoms with Crippen molar-refractivity contribution in [1.82, 2.24) is 14.8 Å². The number of amides is 1. The van der Waals surface area contributed by atoms with Crippen LogP contribution in [0.15, 0.2) is 60.7 Å². The van der Waals surface area contributed by atoms with E-state index in [1.165, 1.54) is 0 Å². The lowest BCUT2D eigenvalue weighted by molar-refractivity contribution is -0.117. The molecule has 1 aromatic heterocycles. The van der Waals surface area contributed by atoms with Gasteiger partial charge in [-0.05, 0) is 30.5 Å². The molecule has 0 bridgehead atoms. The predicted molar refractivity (Wildman–Crippen MR) is 141 cm³/mol. The van der Waals surface area contributed by atoms with E-state index in [-0.39, 0.29) is 12.5 Å². The van der Waals surface area contributed by atoms with Crippen LogP contribution in [-0.2, 0) is 4.79 Å². The second kappa shape index (κ2) is 10.7. The number of nitrogens with one attached hydrogen (secondary N) is 1. The lowest BCUT2D eigenvalue weighted by atomic mass is 10.1. The molecule has 2 N–H and O–H groups in total. The fourth-order valence-corrected chi connectivity index (χ4v) is 5.32. The number of fused-ring (bicyclic) bond motifs is 2. The van der Waals surface area contributed by atoms with Crippen LogP contribution in [0.5, 0.6) is 5.75 Å². The molecule has 0 radical (unpaired) electrons. The highest BCUT2D eigenvalue weighted by atomic mass is 32.1. The van der Waals surface area contributed by atoms with Crippen molar-refractivity contribution < 1.29 is 14.6 Å². The molecule has 2 heterocycles. The van der Waals surface area contributed by atoms with Gasteiger partial charge < -0.3 is 15.2 Å². The molecular weight excluding hydrogens is 460 g/mol. The molecule has 1 aliphatic rings. The molecule has 3 aromatic carbocycles.